The SMILES string of the molecule is CC(C)C1NC(=O)CN1C(=O)CN. The third-order valence-electron chi connectivity index (χ3n) is 2.09. The van der Waals surface area contributed by atoms with Crippen molar-refractivity contribution in [1.29, 1.82) is 0 Å². The van der Waals surface area contributed by atoms with Gasteiger partial charge in [0.25, 0.3) is 0 Å². The number of hydrogen-bond acceptors (Lipinski definition) is 3. The molecule has 1 rings (SSSR count). The molecular formula is C8H15N3O2. The summed E-state index contributed by atoms with van der Waals surface area (Å²) in [5.74, 6) is -0.0838. The highest BCUT2D eigenvalue weighted by Crippen LogP contribution is 2.12. The van der Waals surface area contributed by atoms with E-state index in [2.05, 4.69) is 5.32 Å². The zero-order chi connectivity index (χ0) is 10.0. The Balaban J connectivity index is 2.71. The van der Waals surface area contributed by atoms with Crippen molar-refractivity contribution in [2.45, 2.75) is 20.0 Å². The number of rotatable bonds is 2. The molecule has 13 heavy (non-hydrogen) atoms. The molecule has 1 atom stereocenters. The second-order valence-electron chi connectivity index (χ2n) is 3.48. The van der Waals surface area contributed by atoms with Crippen LogP contribution in [0.4, 0.5) is 0 Å². The molecule has 5 nitrogen and oxygen atoms in total. The molecule has 5 heteroatoms. The van der Waals surface area contributed by atoms with Gasteiger partial charge in [0, 0.05) is 0 Å². The summed E-state index contributed by atoms with van der Waals surface area (Å²) in [6, 6.07) is 0. The summed E-state index contributed by atoms with van der Waals surface area (Å²) in [6.45, 7) is 4.00. The number of amides is 2. The summed E-state index contributed by atoms with van der Waals surface area (Å²) < 4.78 is 0. The number of carbonyl (C=O) groups is 2. The molecule has 0 spiro atoms. The Morgan fingerprint density at radius 3 is 2.85 bits per heavy atom. The third kappa shape index (κ3) is 1.98. The molecule has 3 N–H and O–H groups in total. The molecule has 0 aromatic carbocycles. The maximum atomic E-state index is 11.3. The van der Waals surface area contributed by atoms with Crippen molar-refractivity contribution in [1.82, 2.24) is 10.2 Å². The number of hydrogen-bond donors (Lipinski definition) is 2. The van der Waals surface area contributed by atoms with Crippen LogP contribution < -0.4 is 11.1 Å². The summed E-state index contributed by atoms with van der Waals surface area (Å²) in [6.07, 6.45) is -0.191. The van der Waals surface area contributed by atoms with Crippen LogP contribution in [0.5, 0.6) is 0 Å². The van der Waals surface area contributed by atoms with E-state index in [4.69, 9.17) is 5.73 Å². The van der Waals surface area contributed by atoms with Crippen molar-refractivity contribution in [3.63, 3.8) is 0 Å². The molecule has 0 radical (unpaired) electrons. The number of nitrogens with two attached hydrogens (primary N) is 1. The normalized spacial score (nSPS) is 22.3. The summed E-state index contributed by atoms with van der Waals surface area (Å²) in [5, 5.41) is 2.73. The first-order valence-electron chi connectivity index (χ1n) is 4.35. The Labute approximate surface area is 77.3 Å². The summed E-state index contributed by atoms with van der Waals surface area (Å²) in [4.78, 5) is 23.8. The molecule has 0 saturated carbocycles. The van der Waals surface area contributed by atoms with Crippen LogP contribution in [0.25, 0.3) is 0 Å². The van der Waals surface area contributed by atoms with Crippen molar-refractivity contribution in [3.8, 4) is 0 Å². The lowest BCUT2D eigenvalue weighted by atomic mass is 10.1. The number of nitrogens with zero attached hydrogens (tertiary/aromatic N) is 1. The zero-order valence-electron chi connectivity index (χ0n) is 7.91. The van der Waals surface area contributed by atoms with Crippen molar-refractivity contribution in [3.05, 3.63) is 0 Å². The molecule has 0 aromatic heterocycles. The van der Waals surface area contributed by atoms with Gasteiger partial charge in [-0.1, -0.05) is 13.8 Å². The lowest BCUT2D eigenvalue weighted by Gasteiger charge is -2.25. The van der Waals surface area contributed by atoms with Gasteiger partial charge < -0.3 is 16.0 Å². The molecule has 74 valence electrons. The topological polar surface area (TPSA) is 75.4 Å². The lowest BCUT2D eigenvalue weighted by Crippen LogP contribution is -2.45. The fraction of sp³-hybridized carbons (Fsp3) is 0.750. The van der Waals surface area contributed by atoms with Crippen molar-refractivity contribution in [2.24, 2.45) is 11.7 Å². The van der Waals surface area contributed by atoms with Gasteiger partial charge >= 0.3 is 0 Å². The first kappa shape index (κ1) is 9.98. The molecule has 0 bridgehead atoms. The van der Waals surface area contributed by atoms with E-state index < -0.39 is 0 Å². The van der Waals surface area contributed by atoms with Crippen LogP contribution in [0.1, 0.15) is 13.8 Å². The van der Waals surface area contributed by atoms with E-state index in [1.54, 1.807) is 0 Å². The minimum atomic E-state index is -0.191. The van der Waals surface area contributed by atoms with Crippen LogP contribution in [0.15, 0.2) is 0 Å². The summed E-state index contributed by atoms with van der Waals surface area (Å²) in [5.41, 5.74) is 5.23. The van der Waals surface area contributed by atoms with Crippen LogP contribution in [-0.4, -0.2) is 36.0 Å². The smallest absolute Gasteiger partial charge is 0.241 e. The van der Waals surface area contributed by atoms with Crippen LogP contribution in [-0.2, 0) is 9.59 Å². The highest BCUT2D eigenvalue weighted by Gasteiger charge is 2.34. The Hall–Kier alpha value is -1.10. The Morgan fingerprint density at radius 2 is 2.38 bits per heavy atom. The van der Waals surface area contributed by atoms with Gasteiger partial charge in [-0.25, -0.2) is 0 Å². The van der Waals surface area contributed by atoms with E-state index in [0.717, 1.165) is 0 Å². The van der Waals surface area contributed by atoms with Crippen LogP contribution >= 0.6 is 0 Å². The van der Waals surface area contributed by atoms with Crippen molar-refractivity contribution in [2.75, 3.05) is 13.1 Å². The van der Waals surface area contributed by atoms with Gasteiger partial charge in [0.2, 0.25) is 11.8 Å². The maximum absolute atomic E-state index is 11.3. The summed E-state index contributed by atoms with van der Waals surface area (Å²) in [7, 11) is 0. The predicted octanol–water partition coefficient (Wildman–Crippen LogP) is -1.11. The fourth-order valence-electron chi connectivity index (χ4n) is 1.43. The molecule has 0 aromatic rings. The van der Waals surface area contributed by atoms with E-state index >= 15 is 0 Å². The van der Waals surface area contributed by atoms with Gasteiger partial charge in [0.15, 0.2) is 0 Å². The van der Waals surface area contributed by atoms with E-state index in [1.165, 1.54) is 4.90 Å². The molecule has 1 aliphatic heterocycles. The molecule has 0 aliphatic carbocycles. The highest BCUT2D eigenvalue weighted by atomic mass is 16.2. The Kier molecular flexibility index (Phi) is 2.87. The van der Waals surface area contributed by atoms with Gasteiger partial charge in [0.05, 0.1) is 6.54 Å². The minimum Gasteiger partial charge on any atom is -0.334 e. The maximum Gasteiger partial charge on any atom is 0.241 e. The van der Waals surface area contributed by atoms with E-state index in [-0.39, 0.29) is 37.0 Å². The van der Waals surface area contributed by atoms with E-state index in [1.807, 2.05) is 13.8 Å². The monoisotopic (exact) mass is 185 g/mol. The van der Waals surface area contributed by atoms with Crippen LogP contribution in [0.3, 0.4) is 0 Å². The molecular weight excluding hydrogens is 170 g/mol. The Morgan fingerprint density at radius 1 is 1.77 bits per heavy atom. The summed E-state index contributed by atoms with van der Waals surface area (Å²) >= 11 is 0. The van der Waals surface area contributed by atoms with Crippen LogP contribution in [0, 0.1) is 5.92 Å². The second kappa shape index (κ2) is 3.74. The van der Waals surface area contributed by atoms with Crippen molar-refractivity contribution < 1.29 is 9.59 Å². The number of carbonyl (C=O) groups excluding carboxylic acids is 2. The fourth-order valence-corrected chi connectivity index (χ4v) is 1.43. The molecule has 1 saturated heterocycles. The third-order valence-corrected chi connectivity index (χ3v) is 2.09. The van der Waals surface area contributed by atoms with Gasteiger partial charge in [-0.3, -0.25) is 9.59 Å². The standard InChI is InChI=1S/C8H15N3O2/c1-5(2)8-10-6(12)4-11(8)7(13)3-9/h5,8H,3-4,9H2,1-2H3,(H,10,12). The van der Waals surface area contributed by atoms with Crippen LogP contribution in [0.2, 0.25) is 0 Å². The molecule has 2 amide bonds. The first-order valence-corrected chi connectivity index (χ1v) is 4.35. The molecule has 1 heterocycles. The molecule has 1 fully saturated rings. The van der Waals surface area contributed by atoms with Gasteiger partial charge in [-0.05, 0) is 5.92 Å². The van der Waals surface area contributed by atoms with E-state index in [0.29, 0.717) is 0 Å². The van der Waals surface area contributed by atoms with Gasteiger partial charge in [0.1, 0.15) is 12.7 Å². The minimum absolute atomic E-state index is 0.0435. The van der Waals surface area contributed by atoms with Crippen molar-refractivity contribution >= 4 is 11.8 Å². The predicted molar refractivity (Wildman–Crippen MR) is 47.5 cm³/mol. The quantitative estimate of drug-likeness (QED) is 0.572. The lowest BCUT2D eigenvalue weighted by molar-refractivity contribution is -0.132. The van der Waals surface area contributed by atoms with Gasteiger partial charge in [-0.2, -0.15) is 0 Å². The largest absolute Gasteiger partial charge is 0.334 e. The average Bonchev–Trinajstić information content (AvgIpc) is 2.46. The van der Waals surface area contributed by atoms with E-state index in [9.17, 15) is 9.59 Å². The highest BCUT2D eigenvalue weighted by molar-refractivity contribution is 5.89. The zero-order valence-corrected chi connectivity index (χ0v) is 7.91. The Bertz CT molecular complexity index is 227. The molecule has 1 unspecified atom stereocenters. The molecule has 1 aliphatic rings. The average molecular weight is 185 g/mol. The second-order valence-corrected chi connectivity index (χ2v) is 3.48. The first-order chi connectivity index (χ1) is 6.06. The number of nitrogens with one attached hydrogen (secondary N) is 1. The van der Waals surface area contributed by atoms with Gasteiger partial charge in [-0.15, -0.1) is 0 Å².